The molecule has 10 aromatic carbocycles. The van der Waals surface area contributed by atoms with Crippen LogP contribution in [-0.2, 0) is 0 Å². The van der Waals surface area contributed by atoms with Crippen LogP contribution in [0.2, 0.25) is 0 Å². The van der Waals surface area contributed by atoms with E-state index in [0.29, 0.717) is 0 Å². The molecule has 0 bridgehead atoms. The summed E-state index contributed by atoms with van der Waals surface area (Å²) in [6, 6.07) is 81.5. The number of nitrogens with zero attached hydrogens (tertiary/aromatic N) is 4. The minimum absolute atomic E-state index is 0.836. The Balaban J connectivity index is 1.05. The predicted molar refractivity (Wildman–Crippen MR) is 252 cm³/mol. The van der Waals surface area contributed by atoms with E-state index < -0.39 is 0 Å². The molecule has 0 saturated heterocycles. The van der Waals surface area contributed by atoms with Gasteiger partial charge in [0.25, 0.3) is 0 Å². The van der Waals surface area contributed by atoms with E-state index in [2.05, 4.69) is 240 Å². The number of aromatic nitrogens is 2. The zero-order chi connectivity index (χ0) is 39.8. The van der Waals surface area contributed by atoms with Gasteiger partial charge in [-0.25, -0.2) is 9.97 Å². The molecule has 0 spiro atoms. The summed E-state index contributed by atoms with van der Waals surface area (Å²) in [6.07, 6.45) is 0. The van der Waals surface area contributed by atoms with Crippen LogP contribution in [-0.4, -0.2) is 9.97 Å². The zero-order valence-electron chi connectivity index (χ0n) is 32.7. The van der Waals surface area contributed by atoms with Crippen molar-refractivity contribution in [3.63, 3.8) is 0 Å². The van der Waals surface area contributed by atoms with Crippen LogP contribution in [0.15, 0.2) is 231 Å². The Kier molecular flexibility index (Phi) is 8.79. The van der Waals surface area contributed by atoms with Crippen LogP contribution in [0.3, 0.4) is 0 Å². The Morgan fingerprint density at radius 1 is 0.267 bits per heavy atom. The van der Waals surface area contributed by atoms with Crippen molar-refractivity contribution >= 4 is 77.5 Å². The lowest BCUT2D eigenvalue weighted by Gasteiger charge is -2.27. The normalized spacial score (nSPS) is 11.3. The van der Waals surface area contributed by atoms with Crippen LogP contribution in [0.5, 0.6) is 0 Å². The third-order valence-corrected chi connectivity index (χ3v) is 11.4. The maximum Gasteiger partial charge on any atom is 0.0973 e. The van der Waals surface area contributed by atoms with Gasteiger partial charge in [-0.3, -0.25) is 0 Å². The summed E-state index contributed by atoms with van der Waals surface area (Å²) < 4.78 is 0. The third kappa shape index (κ3) is 6.37. The van der Waals surface area contributed by atoms with Gasteiger partial charge < -0.3 is 9.80 Å². The fourth-order valence-electron chi connectivity index (χ4n) is 8.50. The number of para-hydroxylation sites is 2. The maximum absolute atomic E-state index is 5.40. The molecule has 0 amide bonds. The smallest absolute Gasteiger partial charge is 0.0973 e. The highest BCUT2D eigenvalue weighted by Crippen LogP contribution is 2.42. The second-order valence-corrected chi connectivity index (χ2v) is 15.0. The Bertz CT molecular complexity index is 3070. The first kappa shape index (κ1) is 35.1. The summed E-state index contributed by atoms with van der Waals surface area (Å²) in [5.41, 5.74) is 11.9. The van der Waals surface area contributed by atoms with Gasteiger partial charge in [0.1, 0.15) is 0 Å². The highest BCUT2D eigenvalue weighted by molar-refractivity contribution is 6.01. The van der Waals surface area contributed by atoms with Crippen LogP contribution in [0, 0.1) is 0 Å². The molecular weight excluding hydrogens is 729 g/mol. The van der Waals surface area contributed by atoms with Crippen molar-refractivity contribution in [2.75, 3.05) is 9.80 Å². The summed E-state index contributed by atoms with van der Waals surface area (Å²) in [5.74, 6) is 0. The van der Waals surface area contributed by atoms with Crippen molar-refractivity contribution in [2.24, 2.45) is 0 Å². The lowest BCUT2D eigenvalue weighted by molar-refractivity contribution is 1.27. The van der Waals surface area contributed by atoms with Crippen molar-refractivity contribution < 1.29 is 0 Å². The number of hydrogen-bond acceptors (Lipinski definition) is 4. The molecule has 0 saturated carbocycles. The first-order valence-electron chi connectivity index (χ1n) is 20.3. The maximum atomic E-state index is 5.40. The highest BCUT2D eigenvalue weighted by atomic mass is 15.1. The van der Waals surface area contributed by atoms with Gasteiger partial charge in [-0.1, -0.05) is 158 Å². The topological polar surface area (TPSA) is 32.3 Å². The summed E-state index contributed by atoms with van der Waals surface area (Å²) in [5, 5.41) is 7.06. The Morgan fingerprint density at radius 2 is 0.600 bits per heavy atom. The zero-order valence-corrected chi connectivity index (χ0v) is 32.7. The molecule has 282 valence electrons. The monoisotopic (exact) mass is 766 g/mol. The molecule has 11 aromatic rings. The Hall–Kier alpha value is -8.08. The number of hydrogen-bond donors (Lipinski definition) is 0. The fraction of sp³-hybridized carbons (Fsp3) is 0. The molecule has 0 atom stereocenters. The lowest BCUT2D eigenvalue weighted by atomic mass is 10.0. The van der Waals surface area contributed by atoms with Crippen LogP contribution in [0.25, 0.3) is 65.9 Å². The number of benzene rings is 10. The van der Waals surface area contributed by atoms with E-state index in [1.807, 2.05) is 0 Å². The summed E-state index contributed by atoms with van der Waals surface area (Å²) in [4.78, 5) is 15.5. The van der Waals surface area contributed by atoms with Gasteiger partial charge in [-0.15, -0.1) is 0 Å². The van der Waals surface area contributed by atoms with E-state index in [-0.39, 0.29) is 0 Å². The SMILES string of the molecule is c1ccc(N(c2ccc(-c3nc4cc5ccccc5cc4nc3-c3ccc(N(c4ccccc4)c4cccc5ccccc45)cc3)cc2)c2cccc3ccccc23)cc1. The van der Waals surface area contributed by atoms with E-state index in [9.17, 15) is 0 Å². The van der Waals surface area contributed by atoms with Gasteiger partial charge in [0.15, 0.2) is 0 Å². The van der Waals surface area contributed by atoms with Crippen LogP contribution < -0.4 is 9.80 Å². The minimum Gasteiger partial charge on any atom is -0.310 e. The minimum atomic E-state index is 0.836. The van der Waals surface area contributed by atoms with Crippen LogP contribution in [0.4, 0.5) is 34.1 Å². The van der Waals surface area contributed by atoms with Crippen molar-refractivity contribution in [2.45, 2.75) is 0 Å². The Labute approximate surface area is 348 Å². The first-order chi connectivity index (χ1) is 29.7. The molecule has 0 aliphatic heterocycles. The number of rotatable bonds is 8. The van der Waals surface area contributed by atoms with Crippen molar-refractivity contribution in [1.82, 2.24) is 9.97 Å². The summed E-state index contributed by atoms with van der Waals surface area (Å²) in [6.45, 7) is 0. The van der Waals surface area contributed by atoms with Crippen LogP contribution in [0.1, 0.15) is 0 Å². The fourth-order valence-corrected chi connectivity index (χ4v) is 8.50. The van der Waals surface area contributed by atoms with E-state index in [1.165, 1.54) is 21.5 Å². The summed E-state index contributed by atoms with van der Waals surface area (Å²) >= 11 is 0. The van der Waals surface area contributed by atoms with Crippen molar-refractivity contribution in [1.29, 1.82) is 0 Å². The first-order valence-corrected chi connectivity index (χ1v) is 20.3. The van der Waals surface area contributed by atoms with Gasteiger partial charge in [0.05, 0.1) is 33.8 Å². The lowest BCUT2D eigenvalue weighted by Crippen LogP contribution is -2.10. The van der Waals surface area contributed by atoms with Crippen molar-refractivity contribution in [3.05, 3.63) is 231 Å². The van der Waals surface area contributed by atoms with Gasteiger partial charge in [-0.05, 0) is 94.3 Å². The molecule has 11 rings (SSSR count). The predicted octanol–water partition coefficient (Wildman–Crippen LogP) is 15.4. The molecule has 0 aliphatic carbocycles. The second kappa shape index (κ2) is 15.0. The Morgan fingerprint density at radius 3 is 1.02 bits per heavy atom. The quantitative estimate of drug-likeness (QED) is 0.144. The summed E-state index contributed by atoms with van der Waals surface area (Å²) in [7, 11) is 0. The number of anilines is 6. The van der Waals surface area contributed by atoms with E-state index in [0.717, 1.165) is 78.4 Å². The molecule has 0 fully saturated rings. The van der Waals surface area contributed by atoms with E-state index in [1.54, 1.807) is 0 Å². The molecule has 0 N–H and O–H groups in total. The molecule has 4 heteroatoms. The average Bonchev–Trinajstić information content (AvgIpc) is 3.32. The van der Waals surface area contributed by atoms with Gasteiger partial charge in [0.2, 0.25) is 0 Å². The molecule has 0 unspecified atom stereocenters. The standard InChI is InChI=1S/C56H38N4/c1-3-21-45(22-4-1)59(53-27-13-19-39-15-9-11-25-49(39)53)47-33-29-41(30-34-47)55-56(58-52-38-44-18-8-7-17-43(44)37-51(52)57-55)42-31-35-48(36-32-42)60(46-23-5-2-6-24-46)54-28-14-20-40-16-10-12-26-50(40)54/h1-38H. The van der Waals surface area contributed by atoms with Gasteiger partial charge in [0, 0.05) is 44.6 Å². The van der Waals surface area contributed by atoms with Crippen molar-refractivity contribution in [3.8, 4) is 22.5 Å². The third-order valence-electron chi connectivity index (χ3n) is 11.4. The molecule has 0 aliphatic rings. The molecule has 4 nitrogen and oxygen atoms in total. The average molecular weight is 767 g/mol. The van der Waals surface area contributed by atoms with E-state index >= 15 is 0 Å². The van der Waals surface area contributed by atoms with Gasteiger partial charge >= 0.3 is 0 Å². The molecule has 60 heavy (non-hydrogen) atoms. The highest BCUT2D eigenvalue weighted by Gasteiger charge is 2.20. The molecule has 1 aromatic heterocycles. The number of fused-ring (bicyclic) bond motifs is 4. The molecule has 1 heterocycles. The second-order valence-electron chi connectivity index (χ2n) is 15.0. The molecule has 0 radical (unpaired) electrons. The van der Waals surface area contributed by atoms with Crippen LogP contribution >= 0.6 is 0 Å². The van der Waals surface area contributed by atoms with Gasteiger partial charge in [-0.2, -0.15) is 0 Å². The largest absolute Gasteiger partial charge is 0.310 e. The van der Waals surface area contributed by atoms with E-state index in [4.69, 9.17) is 9.97 Å². The molecular formula is C56H38N4.